The molecule has 0 aliphatic carbocycles. The number of rotatable bonds is 8. The molecule has 158 valence electrons. The van der Waals surface area contributed by atoms with Crippen LogP contribution in [0.5, 0.6) is 0 Å². The van der Waals surface area contributed by atoms with Crippen LogP contribution in [0.2, 0.25) is 0 Å². The van der Waals surface area contributed by atoms with Crippen molar-refractivity contribution in [2.75, 3.05) is 18.4 Å². The van der Waals surface area contributed by atoms with Gasteiger partial charge in [0.05, 0.1) is 4.92 Å². The summed E-state index contributed by atoms with van der Waals surface area (Å²) in [6.45, 7) is 5.52. The van der Waals surface area contributed by atoms with Gasteiger partial charge in [0.25, 0.3) is 17.5 Å². The summed E-state index contributed by atoms with van der Waals surface area (Å²) in [5.74, 6) is -1.04. The molecular formula is C21H24N4O5. The molecule has 0 bridgehead atoms. The van der Waals surface area contributed by atoms with Crippen molar-refractivity contribution in [3.8, 4) is 0 Å². The molecule has 3 N–H and O–H groups in total. The highest BCUT2D eigenvalue weighted by atomic mass is 16.6. The molecule has 0 fully saturated rings. The fourth-order valence-electron chi connectivity index (χ4n) is 2.50. The van der Waals surface area contributed by atoms with Crippen LogP contribution in [0.25, 0.3) is 0 Å². The Hall–Kier alpha value is -3.75. The maximum atomic E-state index is 12.2. The van der Waals surface area contributed by atoms with Crippen molar-refractivity contribution in [2.24, 2.45) is 5.92 Å². The molecule has 9 nitrogen and oxygen atoms in total. The first-order valence-electron chi connectivity index (χ1n) is 9.41. The maximum Gasteiger partial charge on any atom is 0.273 e. The van der Waals surface area contributed by atoms with E-state index < -0.39 is 10.8 Å². The monoisotopic (exact) mass is 412 g/mol. The molecule has 2 aromatic rings. The number of amides is 3. The highest BCUT2D eigenvalue weighted by Gasteiger charge is 2.15. The lowest BCUT2D eigenvalue weighted by atomic mass is 10.1. The molecule has 0 aromatic heterocycles. The lowest BCUT2D eigenvalue weighted by Crippen LogP contribution is -2.34. The van der Waals surface area contributed by atoms with Gasteiger partial charge in [-0.2, -0.15) is 0 Å². The van der Waals surface area contributed by atoms with E-state index in [0.29, 0.717) is 16.8 Å². The number of nitro benzene ring substituents is 1. The Morgan fingerprint density at radius 1 is 0.933 bits per heavy atom. The molecule has 2 rings (SSSR count). The van der Waals surface area contributed by atoms with Crippen LogP contribution in [0, 0.1) is 23.0 Å². The van der Waals surface area contributed by atoms with E-state index in [4.69, 9.17) is 0 Å². The predicted molar refractivity (Wildman–Crippen MR) is 112 cm³/mol. The maximum absolute atomic E-state index is 12.2. The van der Waals surface area contributed by atoms with Crippen LogP contribution in [-0.4, -0.2) is 35.7 Å². The van der Waals surface area contributed by atoms with Crippen LogP contribution in [0.15, 0.2) is 42.5 Å². The summed E-state index contributed by atoms with van der Waals surface area (Å²) >= 11 is 0. The Morgan fingerprint density at radius 2 is 1.47 bits per heavy atom. The van der Waals surface area contributed by atoms with Gasteiger partial charge in [-0.3, -0.25) is 24.5 Å². The largest absolute Gasteiger partial charge is 0.350 e. The number of carbonyl (C=O) groups excluding carboxylic acids is 3. The zero-order valence-electron chi connectivity index (χ0n) is 17.0. The number of nitrogens with zero attached hydrogens (tertiary/aromatic N) is 1. The average Bonchev–Trinajstić information content (AvgIpc) is 2.71. The first kappa shape index (κ1) is 22.5. The van der Waals surface area contributed by atoms with Gasteiger partial charge in [0.1, 0.15) is 0 Å². The normalized spacial score (nSPS) is 10.4. The van der Waals surface area contributed by atoms with Crippen molar-refractivity contribution < 1.29 is 19.3 Å². The van der Waals surface area contributed by atoms with E-state index in [2.05, 4.69) is 16.0 Å². The smallest absolute Gasteiger partial charge is 0.273 e. The van der Waals surface area contributed by atoms with Gasteiger partial charge in [0.15, 0.2) is 0 Å². The van der Waals surface area contributed by atoms with Gasteiger partial charge in [-0.25, -0.2) is 0 Å². The molecule has 3 amide bonds. The molecule has 0 aliphatic rings. The van der Waals surface area contributed by atoms with Crippen molar-refractivity contribution in [1.82, 2.24) is 10.6 Å². The standard InChI is InChI=1S/C21H24N4O5/c1-13(2)19(26)24-17-8-6-15(7-9-17)20(27)22-10-11-23-21(28)16-5-4-14(3)18(12-16)25(29)30/h4-9,12-13H,10-11H2,1-3H3,(H,22,27)(H,23,28)(H,24,26). The number of nitro groups is 1. The summed E-state index contributed by atoms with van der Waals surface area (Å²) in [4.78, 5) is 46.4. The summed E-state index contributed by atoms with van der Waals surface area (Å²) in [6.07, 6.45) is 0. The fourth-order valence-corrected chi connectivity index (χ4v) is 2.50. The third kappa shape index (κ3) is 6.13. The summed E-state index contributed by atoms with van der Waals surface area (Å²) in [7, 11) is 0. The first-order chi connectivity index (χ1) is 14.2. The molecule has 0 spiro atoms. The topological polar surface area (TPSA) is 130 Å². The molecule has 9 heteroatoms. The highest BCUT2D eigenvalue weighted by molar-refractivity contribution is 5.96. The van der Waals surface area contributed by atoms with Crippen LogP contribution >= 0.6 is 0 Å². The van der Waals surface area contributed by atoms with E-state index in [1.807, 2.05) is 0 Å². The molecular weight excluding hydrogens is 388 g/mol. The third-order valence-corrected chi connectivity index (χ3v) is 4.30. The highest BCUT2D eigenvalue weighted by Crippen LogP contribution is 2.19. The minimum atomic E-state index is -0.536. The van der Waals surface area contributed by atoms with Crippen molar-refractivity contribution in [1.29, 1.82) is 0 Å². The van der Waals surface area contributed by atoms with E-state index in [-0.39, 0.29) is 42.1 Å². The van der Waals surface area contributed by atoms with E-state index in [0.717, 1.165) is 0 Å². The molecule has 0 radical (unpaired) electrons. The van der Waals surface area contributed by atoms with Gasteiger partial charge in [-0.15, -0.1) is 0 Å². The quantitative estimate of drug-likeness (QED) is 0.349. The summed E-state index contributed by atoms with van der Waals surface area (Å²) in [5, 5.41) is 19.0. The Morgan fingerprint density at radius 3 is 2.00 bits per heavy atom. The number of anilines is 1. The van der Waals surface area contributed by atoms with Gasteiger partial charge in [0.2, 0.25) is 5.91 Å². The fraction of sp³-hybridized carbons (Fsp3) is 0.286. The third-order valence-electron chi connectivity index (χ3n) is 4.30. The molecule has 0 saturated heterocycles. The second-order valence-corrected chi connectivity index (χ2v) is 6.99. The Balaban J connectivity index is 1.82. The Bertz CT molecular complexity index is 954. The van der Waals surface area contributed by atoms with E-state index in [1.165, 1.54) is 18.2 Å². The minimum Gasteiger partial charge on any atom is -0.350 e. The van der Waals surface area contributed by atoms with Crippen LogP contribution < -0.4 is 16.0 Å². The van der Waals surface area contributed by atoms with E-state index >= 15 is 0 Å². The van der Waals surface area contributed by atoms with Crippen molar-refractivity contribution >= 4 is 29.1 Å². The second-order valence-electron chi connectivity index (χ2n) is 6.99. The molecule has 30 heavy (non-hydrogen) atoms. The van der Waals surface area contributed by atoms with E-state index in [1.54, 1.807) is 45.0 Å². The molecule has 0 aliphatic heterocycles. The Labute approximate surface area is 174 Å². The van der Waals surface area contributed by atoms with Crippen molar-refractivity contribution in [2.45, 2.75) is 20.8 Å². The zero-order chi connectivity index (χ0) is 22.3. The minimum absolute atomic E-state index is 0.109. The van der Waals surface area contributed by atoms with Gasteiger partial charge in [0, 0.05) is 47.5 Å². The molecule has 0 saturated carbocycles. The van der Waals surface area contributed by atoms with Crippen LogP contribution in [0.4, 0.5) is 11.4 Å². The SMILES string of the molecule is Cc1ccc(C(=O)NCCNC(=O)c2ccc(NC(=O)C(C)C)cc2)cc1[N+](=O)[O-]. The van der Waals surface area contributed by atoms with Gasteiger partial charge >= 0.3 is 0 Å². The summed E-state index contributed by atoms with van der Waals surface area (Å²) in [5.41, 5.74) is 1.54. The second kappa shape index (κ2) is 10.1. The van der Waals surface area contributed by atoms with Crippen LogP contribution in [0.1, 0.15) is 40.1 Å². The van der Waals surface area contributed by atoms with Crippen molar-refractivity contribution in [3.05, 3.63) is 69.3 Å². The van der Waals surface area contributed by atoms with Crippen molar-refractivity contribution in [3.63, 3.8) is 0 Å². The molecule has 0 atom stereocenters. The van der Waals surface area contributed by atoms with E-state index in [9.17, 15) is 24.5 Å². The first-order valence-corrected chi connectivity index (χ1v) is 9.41. The summed E-state index contributed by atoms with van der Waals surface area (Å²) in [6, 6.07) is 10.7. The van der Waals surface area contributed by atoms with Gasteiger partial charge in [-0.1, -0.05) is 19.9 Å². The van der Waals surface area contributed by atoms with Crippen LogP contribution in [0.3, 0.4) is 0 Å². The number of aryl methyl sites for hydroxylation is 1. The lowest BCUT2D eigenvalue weighted by molar-refractivity contribution is -0.385. The average molecular weight is 412 g/mol. The van der Waals surface area contributed by atoms with Gasteiger partial charge in [-0.05, 0) is 37.3 Å². The molecule has 0 heterocycles. The zero-order valence-corrected chi connectivity index (χ0v) is 17.0. The molecule has 2 aromatic carbocycles. The van der Waals surface area contributed by atoms with Gasteiger partial charge < -0.3 is 16.0 Å². The number of benzene rings is 2. The number of carbonyl (C=O) groups is 3. The Kier molecular flexibility index (Phi) is 7.62. The number of hydrogen-bond acceptors (Lipinski definition) is 5. The summed E-state index contributed by atoms with van der Waals surface area (Å²) < 4.78 is 0. The lowest BCUT2D eigenvalue weighted by Gasteiger charge is -2.09. The number of nitrogens with one attached hydrogen (secondary N) is 3. The number of hydrogen-bond donors (Lipinski definition) is 3. The van der Waals surface area contributed by atoms with Crippen LogP contribution in [-0.2, 0) is 4.79 Å². The molecule has 0 unspecified atom stereocenters. The predicted octanol–water partition coefficient (Wildman–Crippen LogP) is 2.66.